The van der Waals surface area contributed by atoms with E-state index in [1.54, 1.807) is 16.8 Å². The van der Waals surface area contributed by atoms with Gasteiger partial charge < -0.3 is 10.3 Å². The highest BCUT2D eigenvalue weighted by Gasteiger charge is 2.00. The van der Waals surface area contributed by atoms with E-state index in [9.17, 15) is 4.79 Å². The Kier molecular flexibility index (Phi) is 3.52. The van der Waals surface area contributed by atoms with E-state index in [1.165, 1.54) is 5.57 Å². The van der Waals surface area contributed by atoms with Crippen molar-refractivity contribution in [2.45, 2.75) is 20.4 Å². The summed E-state index contributed by atoms with van der Waals surface area (Å²) in [5.41, 5.74) is 7.32. The minimum absolute atomic E-state index is 0.0586. The van der Waals surface area contributed by atoms with Crippen molar-refractivity contribution in [2.24, 2.45) is 0 Å². The summed E-state index contributed by atoms with van der Waals surface area (Å²) in [7, 11) is 0. The molecule has 0 fully saturated rings. The van der Waals surface area contributed by atoms with E-state index in [-0.39, 0.29) is 5.56 Å². The van der Waals surface area contributed by atoms with Gasteiger partial charge in [-0.05, 0) is 35.8 Å². The zero-order valence-electron chi connectivity index (χ0n) is 8.25. The van der Waals surface area contributed by atoms with Gasteiger partial charge in [-0.15, -0.1) is 0 Å². The van der Waals surface area contributed by atoms with Gasteiger partial charge in [0.25, 0.3) is 5.56 Å². The predicted octanol–water partition coefficient (Wildman–Crippen LogP) is 2.16. The minimum Gasteiger partial charge on any atom is -0.398 e. The molecule has 0 aliphatic heterocycles. The molecule has 0 aliphatic carbocycles. The number of nitrogens with two attached hydrogens (primary N) is 1. The van der Waals surface area contributed by atoms with E-state index < -0.39 is 0 Å². The second kappa shape index (κ2) is 4.46. The molecule has 76 valence electrons. The van der Waals surface area contributed by atoms with Gasteiger partial charge in [-0.2, -0.15) is 0 Å². The summed E-state index contributed by atoms with van der Waals surface area (Å²) in [6.07, 6.45) is 3.62. The monoisotopic (exact) mass is 256 g/mol. The number of rotatable bonds is 2. The normalized spacial score (nSPS) is 9.93. The molecule has 2 N–H and O–H groups in total. The third kappa shape index (κ3) is 2.73. The van der Waals surface area contributed by atoms with Crippen LogP contribution in [-0.2, 0) is 6.54 Å². The molecule has 0 atom stereocenters. The molecule has 0 amide bonds. The summed E-state index contributed by atoms with van der Waals surface area (Å²) in [6.45, 7) is 4.55. The van der Waals surface area contributed by atoms with Crippen molar-refractivity contribution in [1.29, 1.82) is 0 Å². The third-order valence-electron chi connectivity index (χ3n) is 1.76. The first kappa shape index (κ1) is 11.0. The molecule has 0 aliphatic rings. The molecular weight excluding hydrogens is 244 g/mol. The van der Waals surface area contributed by atoms with Crippen molar-refractivity contribution in [3.05, 3.63) is 38.7 Å². The molecule has 0 spiro atoms. The Morgan fingerprint density at radius 3 is 2.86 bits per heavy atom. The first-order valence-corrected chi connectivity index (χ1v) is 5.09. The third-order valence-corrected chi connectivity index (χ3v) is 2.33. The number of aromatic nitrogens is 1. The molecule has 0 unspecified atom stereocenters. The quantitative estimate of drug-likeness (QED) is 0.825. The standard InChI is InChI=1S/C10H13BrN2O/c1-7(2)3-4-13-6-8(12)5-9(11)10(13)14/h3,5-6H,4,12H2,1-2H3. The Morgan fingerprint density at radius 2 is 2.29 bits per heavy atom. The number of pyridine rings is 1. The molecule has 0 radical (unpaired) electrons. The van der Waals surface area contributed by atoms with Crippen molar-refractivity contribution in [3.63, 3.8) is 0 Å². The Balaban J connectivity index is 3.09. The predicted molar refractivity (Wildman–Crippen MR) is 62.2 cm³/mol. The van der Waals surface area contributed by atoms with Crippen LogP contribution in [0.25, 0.3) is 0 Å². The first-order valence-electron chi connectivity index (χ1n) is 4.29. The largest absolute Gasteiger partial charge is 0.398 e. The second-order valence-electron chi connectivity index (χ2n) is 3.36. The SMILES string of the molecule is CC(C)=CCn1cc(N)cc(Br)c1=O. The van der Waals surface area contributed by atoms with Gasteiger partial charge in [0.05, 0.1) is 4.47 Å². The average molecular weight is 257 g/mol. The molecule has 0 bridgehead atoms. The maximum Gasteiger partial charge on any atom is 0.265 e. The lowest BCUT2D eigenvalue weighted by atomic mass is 10.3. The van der Waals surface area contributed by atoms with E-state index in [4.69, 9.17) is 5.73 Å². The van der Waals surface area contributed by atoms with Crippen LogP contribution in [0.15, 0.2) is 33.2 Å². The van der Waals surface area contributed by atoms with Gasteiger partial charge in [0.2, 0.25) is 0 Å². The fraction of sp³-hybridized carbons (Fsp3) is 0.300. The molecule has 0 saturated heterocycles. The number of nitrogen functional groups attached to an aromatic ring is 1. The zero-order chi connectivity index (χ0) is 10.7. The number of allylic oxidation sites excluding steroid dienone is 2. The van der Waals surface area contributed by atoms with Crippen molar-refractivity contribution in [3.8, 4) is 0 Å². The minimum atomic E-state index is -0.0586. The number of anilines is 1. The zero-order valence-corrected chi connectivity index (χ0v) is 9.84. The number of hydrogen-bond donors (Lipinski definition) is 1. The van der Waals surface area contributed by atoms with Gasteiger partial charge in [-0.3, -0.25) is 4.79 Å². The topological polar surface area (TPSA) is 48.0 Å². The van der Waals surface area contributed by atoms with Gasteiger partial charge in [0, 0.05) is 18.4 Å². The van der Waals surface area contributed by atoms with E-state index in [1.807, 2.05) is 19.9 Å². The smallest absolute Gasteiger partial charge is 0.265 e. The van der Waals surface area contributed by atoms with E-state index in [0.29, 0.717) is 16.7 Å². The second-order valence-corrected chi connectivity index (χ2v) is 4.21. The fourth-order valence-electron chi connectivity index (χ4n) is 1.04. The van der Waals surface area contributed by atoms with Crippen LogP contribution in [0, 0.1) is 0 Å². The lowest BCUT2D eigenvalue weighted by molar-refractivity contribution is 0.772. The highest BCUT2D eigenvalue weighted by Crippen LogP contribution is 2.08. The molecule has 1 aromatic rings. The number of nitrogens with zero attached hydrogens (tertiary/aromatic N) is 1. The fourth-order valence-corrected chi connectivity index (χ4v) is 1.53. The molecular formula is C10H13BrN2O. The highest BCUT2D eigenvalue weighted by molar-refractivity contribution is 9.10. The van der Waals surface area contributed by atoms with Crippen molar-refractivity contribution in [1.82, 2.24) is 4.57 Å². The summed E-state index contributed by atoms with van der Waals surface area (Å²) in [6, 6.07) is 1.61. The molecule has 4 heteroatoms. The van der Waals surface area contributed by atoms with Crippen LogP contribution in [0.1, 0.15) is 13.8 Å². The van der Waals surface area contributed by atoms with Crippen LogP contribution in [-0.4, -0.2) is 4.57 Å². The van der Waals surface area contributed by atoms with Gasteiger partial charge in [0.1, 0.15) is 0 Å². The van der Waals surface area contributed by atoms with Crippen molar-refractivity contribution < 1.29 is 0 Å². The molecule has 3 nitrogen and oxygen atoms in total. The number of halogens is 1. The summed E-state index contributed by atoms with van der Waals surface area (Å²) in [5, 5.41) is 0. The Bertz CT molecular complexity index is 417. The van der Waals surface area contributed by atoms with E-state index in [0.717, 1.165) is 0 Å². The first-order chi connectivity index (χ1) is 6.50. The summed E-state index contributed by atoms with van der Waals surface area (Å²) in [4.78, 5) is 11.6. The van der Waals surface area contributed by atoms with Gasteiger partial charge in [0.15, 0.2) is 0 Å². The summed E-state index contributed by atoms with van der Waals surface area (Å²) in [5.74, 6) is 0. The van der Waals surface area contributed by atoms with Gasteiger partial charge >= 0.3 is 0 Å². The van der Waals surface area contributed by atoms with Crippen LogP contribution in [0.3, 0.4) is 0 Å². The average Bonchev–Trinajstić information content (AvgIpc) is 2.08. The Morgan fingerprint density at radius 1 is 1.64 bits per heavy atom. The Hall–Kier alpha value is -1.03. The van der Waals surface area contributed by atoms with Crippen molar-refractivity contribution >= 4 is 21.6 Å². The molecule has 1 aromatic heterocycles. The van der Waals surface area contributed by atoms with E-state index in [2.05, 4.69) is 15.9 Å². The summed E-state index contributed by atoms with van der Waals surface area (Å²) >= 11 is 3.17. The van der Waals surface area contributed by atoms with Crippen LogP contribution in [0.4, 0.5) is 5.69 Å². The van der Waals surface area contributed by atoms with Crippen LogP contribution in [0.2, 0.25) is 0 Å². The molecule has 14 heavy (non-hydrogen) atoms. The van der Waals surface area contributed by atoms with Crippen LogP contribution in [0.5, 0.6) is 0 Å². The lowest BCUT2D eigenvalue weighted by Crippen LogP contribution is -2.20. The van der Waals surface area contributed by atoms with Crippen molar-refractivity contribution in [2.75, 3.05) is 5.73 Å². The molecule has 1 heterocycles. The maximum atomic E-state index is 11.6. The van der Waals surface area contributed by atoms with Gasteiger partial charge in [-0.25, -0.2) is 0 Å². The highest BCUT2D eigenvalue weighted by atomic mass is 79.9. The molecule has 0 saturated carbocycles. The number of hydrogen-bond acceptors (Lipinski definition) is 2. The maximum absolute atomic E-state index is 11.6. The Labute approximate surface area is 91.4 Å². The lowest BCUT2D eigenvalue weighted by Gasteiger charge is -2.04. The van der Waals surface area contributed by atoms with Crippen LogP contribution < -0.4 is 11.3 Å². The molecule has 0 aromatic carbocycles. The molecule has 1 rings (SSSR count). The van der Waals surface area contributed by atoms with Gasteiger partial charge in [-0.1, -0.05) is 11.6 Å². The summed E-state index contributed by atoms with van der Waals surface area (Å²) < 4.78 is 2.08. The van der Waals surface area contributed by atoms with E-state index >= 15 is 0 Å². The van der Waals surface area contributed by atoms with Crippen LogP contribution >= 0.6 is 15.9 Å².